The number of anilines is 2. The van der Waals surface area contributed by atoms with Gasteiger partial charge in [0, 0.05) is 11.4 Å². The van der Waals surface area contributed by atoms with Gasteiger partial charge in [-0.1, -0.05) is 38.1 Å². The summed E-state index contributed by atoms with van der Waals surface area (Å²) in [7, 11) is 0. The molecule has 2 N–H and O–H groups in total. The summed E-state index contributed by atoms with van der Waals surface area (Å²) >= 11 is 0. The van der Waals surface area contributed by atoms with Gasteiger partial charge in [0.2, 0.25) is 0 Å². The van der Waals surface area contributed by atoms with Crippen LogP contribution in [-0.2, 0) is 16.1 Å². The number of hydrogen-bond donors (Lipinski definition) is 2. The summed E-state index contributed by atoms with van der Waals surface area (Å²) in [5.41, 5.74) is 2.86. The Kier molecular flexibility index (Phi) is 7.27. The van der Waals surface area contributed by atoms with Gasteiger partial charge in [-0.2, -0.15) is 0 Å². The van der Waals surface area contributed by atoms with Crippen molar-refractivity contribution in [3.63, 3.8) is 0 Å². The van der Waals surface area contributed by atoms with Crippen LogP contribution in [0.25, 0.3) is 0 Å². The van der Waals surface area contributed by atoms with Gasteiger partial charge in [0.15, 0.2) is 6.61 Å². The molecule has 0 aliphatic carbocycles. The molecule has 1 aromatic heterocycles. The molecule has 6 nitrogen and oxygen atoms in total. The lowest BCUT2D eigenvalue weighted by Gasteiger charge is -2.12. The molecule has 3 aromatic rings. The number of amides is 1. The first-order valence-corrected chi connectivity index (χ1v) is 9.99. The smallest absolute Gasteiger partial charge is 0.340 e. The highest BCUT2D eigenvalue weighted by Gasteiger charge is 2.15. The van der Waals surface area contributed by atoms with Crippen LogP contribution in [0.1, 0.15) is 47.9 Å². The number of rotatable bonds is 9. The summed E-state index contributed by atoms with van der Waals surface area (Å²) in [4.78, 5) is 24.6. The van der Waals surface area contributed by atoms with E-state index in [0.717, 1.165) is 12.2 Å². The van der Waals surface area contributed by atoms with Gasteiger partial charge in [0.25, 0.3) is 5.91 Å². The SMILES string of the molecule is CC[C@@H](C)c1ccc(NC(=O)COC(=O)c2ccccc2NCc2ccco2)cc1. The van der Waals surface area contributed by atoms with Crippen molar-refractivity contribution in [3.05, 3.63) is 83.8 Å². The first-order chi connectivity index (χ1) is 14.6. The van der Waals surface area contributed by atoms with Crippen molar-refractivity contribution in [1.29, 1.82) is 0 Å². The van der Waals surface area contributed by atoms with Crippen molar-refractivity contribution in [2.45, 2.75) is 32.7 Å². The highest BCUT2D eigenvalue weighted by molar-refractivity contribution is 5.98. The third kappa shape index (κ3) is 5.73. The zero-order valence-corrected chi connectivity index (χ0v) is 17.2. The first-order valence-electron chi connectivity index (χ1n) is 9.99. The summed E-state index contributed by atoms with van der Waals surface area (Å²) in [5.74, 6) is 0.259. The van der Waals surface area contributed by atoms with Crippen LogP contribution in [0.3, 0.4) is 0 Å². The summed E-state index contributed by atoms with van der Waals surface area (Å²) in [6, 6.07) is 18.3. The molecule has 0 aliphatic rings. The van der Waals surface area contributed by atoms with Crippen LogP contribution in [0, 0.1) is 0 Å². The molecule has 2 aromatic carbocycles. The predicted molar refractivity (Wildman–Crippen MR) is 117 cm³/mol. The highest BCUT2D eigenvalue weighted by atomic mass is 16.5. The minimum absolute atomic E-state index is 0.356. The number of nitrogens with one attached hydrogen (secondary N) is 2. The quantitative estimate of drug-likeness (QED) is 0.477. The van der Waals surface area contributed by atoms with Crippen molar-refractivity contribution in [2.75, 3.05) is 17.2 Å². The third-order valence-corrected chi connectivity index (χ3v) is 4.89. The van der Waals surface area contributed by atoms with E-state index in [1.807, 2.05) is 36.4 Å². The third-order valence-electron chi connectivity index (χ3n) is 4.89. The average Bonchev–Trinajstić information content (AvgIpc) is 3.30. The van der Waals surface area contributed by atoms with Crippen LogP contribution >= 0.6 is 0 Å². The monoisotopic (exact) mass is 406 g/mol. The number of carbonyl (C=O) groups excluding carboxylic acids is 2. The Morgan fingerprint density at radius 1 is 1.03 bits per heavy atom. The number of carbonyl (C=O) groups is 2. The van der Waals surface area contributed by atoms with E-state index < -0.39 is 5.97 Å². The van der Waals surface area contributed by atoms with E-state index in [2.05, 4.69) is 24.5 Å². The summed E-state index contributed by atoms with van der Waals surface area (Å²) < 4.78 is 10.5. The first kappa shape index (κ1) is 21.2. The van der Waals surface area contributed by atoms with Crippen LogP contribution in [0.4, 0.5) is 11.4 Å². The number of hydrogen-bond acceptors (Lipinski definition) is 5. The zero-order chi connectivity index (χ0) is 21.3. The van der Waals surface area contributed by atoms with E-state index in [0.29, 0.717) is 29.4 Å². The van der Waals surface area contributed by atoms with Gasteiger partial charge >= 0.3 is 5.97 Å². The van der Waals surface area contributed by atoms with Crippen molar-refractivity contribution < 1.29 is 18.7 Å². The van der Waals surface area contributed by atoms with Gasteiger partial charge in [-0.15, -0.1) is 0 Å². The molecular weight excluding hydrogens is 380 g/mol. The molecule has 156 valence electrons. The summed E-state index contributed by atoms with van der Waals surface area (Å²) in [6.45, 7) is 4.37. The lowest BCUT2D eigenvalue weighted by atomic mass is 9.99. The second-order valence-corrected chi connectivity index (χ2v) is 7.03. The summed E-state index contributed by atoms with van der Waals surface area (Å²) in [6.07, 6.45) is 2.65. The van der Waals surface area contributed by atoms with Crippen LogP contribution in [-0.4, -0.2) is 18.5 Å². The summed E-state index contributed by atoms with van der Waals surface area (Å²) in [5, 5.41) is 5.90. The fraction of sp³-hybridized carbons (Fsp3) is 0.250. The van der Waals surface area contributed by atoms with Crippen molar-refractivity contribution in [1.82, 2.24) is 0 Å². The topological polar surface area (TPSA) is 80.6 Å². The number of ether oxygens (including phenoxy) is 1. The standard InChI is InChI=1S/C24H26N2O4/c1-3-17(2)18-10-12-19(13-11-18)26-23(27)16-30-24(28)21-8-4-5-9-22(21)25-15-20-7-6-14-29-20/h4-14,17,25H,3,15-16H2,1-2H3,(H,26,27)/t17-/m1/s1. The number of furan rings is 1. The van der Waals surface area contributed by atoms with E-state index in [1.165, 1.54) is 5.56 Å². The van der Waals surface area contributed by atoms with Gasteiger partial charge in [-0.25, -0.2) is 4.79 Å². The molecule has 0 saturated heterocycles. The molecule has 0 unspecified atom stereocenters. The molecule has 6 heteroatoms. The van der Waals surface area contributed by atoms with Gasteiger partial charge in [0.1, 0.15) is 5.76 Å². The molecule has 0 radical (unpaired) electrons. The van der Waals surface area contributed by atoms with E-state index >= 15 is 0 Å². The maximum absolute atomic E-state index is 12.5. The number of esters is 1. The highest BCUT2D eigenvalue weighted by Crippen LogP contribution is 2.21. The lowest BCUT2D eigenvalue weighted by Crippen LogP contribution is -2.21. The largest absolute Gasteiger partial charge is 0.467 e. The van der Waals surface area contributed by atoms with Crippen LogP contribution in [0.15, 0.2) is 71.3 Å². The van der Waals surface area contributed by atoms with Crippen molar-refractivity contribution in [3.8, 4) is 0 Å². The second-order valence-electron chi connectivity index (χ2n) is 7.03. The molecule has 1 atom stereocenters. The molecule has 1 amide bonds. The average molecular weight is 406 g/mol. The van der Waals surface area contributed by atoms with Crippen LogP contribution in [0.2, 0.25) is 0 Å². The molecule has 0 bridgehead atoms. The molecule has 0 saturated carbocycles. The minimum atomic E-state index is -0.570. The molecule has 0 fully saturated rings. The van der Waals surface area contributed by atoms with Crippen molar-refractivity contribution >= 4 is 23.3 Å². The lowest BCUT2D eigenvalue weighted by molar-refractivity contribution is -0.119. The number of benzene rings is 2. The molecule has 1 heterocycles. The Bertz CT molecular complexity index is 965. The van der Waals surface area contributed by atoms with Crippen LogP contribution < -0.4 is 10.6 Å². The molecule has 0 aliphatic heterocycles. The molecule has 3 rings (SSSR count). The van der Waals surface area contributed by atoms with E-state index in [9.17, 15) is 9.59 Å². The zero-order valence-electron chi connectivity index (χ0n) is 17.2. The Hall–Kier alpha value is -3.54. The van der Waals surface area contributed by atoms with Crippen molar-refractivity contribution in [2.24, 2.45) is 0 Å². The second kappa shape index (κ2) is 10.3. The van der Waals surface area contributed by atoms with E-state index in [4.69, 9.17) is 9.15 Å². The minimum Gasteiger partial charge on any atom is -0.467 e. The molecule has 0 spiro atoms. The molecule has 30 heavy (non-hydrogen) atoms. The fourth-order valence-corrected chi connectivity index (χ4v) is 2.95. The normalized spacial score (nSPS) is 11.5. The Labute approximate surface area is 176 Å². The Balaban J connectivity index is 1.53. The van der Waals surface area contributed by atoms with E-state index in [1.54, 1.807) is 30.5 Å². The Morgan fingerprint density at radius 3 is 2.50 bits per heavy atom. The molecular formula is C24H26N2O4. The van der Waals surface area contributed by atoms with Gasteiger partial charge < -0.3 is 19.8 Å². The van der Waals surface area contributed by atoms with Crippen LogP contribution in [0.5, 0.6) is 0 Å². The van der Waals surface area contributed by atoms with Gasteiger partial charge in [0.05, 0.1) is 18.4 Å². The van der Waals surface area contributed by atoms with Gasteiger partial charge in [-0.3, -0.25) is 4.79 Å². The van der Waals surface area contributed by atoms with Gasteiger partial charge in [-0.05, 0) is 54.3 Å². The Morgan fingerprint density at radius 2 is 1.80 bits per heavy atom. The maximum atomic E-state index is 12.5. The number of para-hydroxylation sites is 1. The maximum Gasteiger partial charge on any atom is 0.340 e. The predicted octanol–water partition coefficient (Wildman–Crippen LogP) is 5.20. The van der Waals surface area contributed by atoms with E-state index in [-0.39, 0.29) is 12.5 Å². The fourth-order valence-electron chi connectivity index (χ4n) is 2.95.